The van der Waals surface area contributed by atoms with Crippen molar-refractivity contribution in [3.05, 3.63) is 69.9 Å². The molecule has 1 amide bonds. The molecule has 0 spiro atoms. The Morgan fingerprint density at radius 1 is 1.07 bits per heavy atom. The van der Waals surface area contributed by atoms with Crippen LogP contribution in [0.25, 0.3) is 11.1 Å². The summed E-state index contributed by atoms with van der Waals surface area (Å²) >= 11 is 1.73. The molecular formula is C23H23NO2S. The molecule has 0 bridgehead atoms. The topological polar surface area (TPSA) is 38.3 Å². The molecule has 4 rings (SSSR count). The first-order chi connectivity index (χ1) is 13.1. The monoisotopic (exact) mass is 377 g/mol. The number of ether oxygens (including phenoxy) is 1. The summed E-state index contributed by atoms with van der Waals surface area (Å²) in [6, 6.07) is 16.7. The number of nitrogens with one attached hydrogen (secondary N) is 1. The minimum Gasteiger partial charge on any atom is -0.497 e. The maximum atomic E-state index is 12.4. The summed E-state index contributed by atoms with van der Waals surface area (Å²) in [5.74, 6) is 1.53. The first-order valence-electron chi connectivity index (χ1n) is 9.22. The van der Waals surface area contributed by atoms with Crippen LogP contribution in [-0.2, 0) is 4.79 Å². The minimum absolute atomic E-state index is 0.0774. The average Bonchev–Trinajstić information content (AvgIpc) is 3.11. The quantitative estimate of drug-likeness (QED) is 0.603. The second-order valence-electron chi connectivity index (χ2n) is 7.24. The zero-order valence-electron chi connectivity index (χ0n) is 15.8. The van der Waals surface area contributed by atoms with Gasteiger partial charge in [0.25, 0.3) is 0 Å². The number of hydrogen-bond acceptors (Lipinski definition) is 3. The van der Waals surface area contributed by atoms with Gasteiger partial charge in [-0.25, -0.2) is 0 Å². The lowest BCUT2D eigenvalue weighted by molar-refractivity contribution is -0.116. The fourth-order valence-electron chi connectivity index (χ4n) is 3.59. The smallest absolute Gasteiger partial charge is 0.225 e. The second-order valence-corrected chi connectivity index (χ2v) is 8.15. The number of methoxy groups -OCH3 is 1. The average molecular weight is 378 g/mol. The lowest BCUT2D eigenvalue weighted by Crippen LogP contribution is -2.22. The van der Waals surface area contributed by atoms with E-state index in [1.807, 2.05) is 24.3 Å². The summed E-state index contributed by atoms with van der Waals surface area (Å²) in [6.45, 7) is 4.39. The maximum Gasteiger partial charge on any atom is 0.225 e. The van der Waals surface area contributed by atoms with E-state index in [2.05, 4.69) is 48.8 Å². The highest BCUT2D eigenvalue weighted by Gasteiger charge is 2.30. The highest BCUT2D eigenvalue weighted by atomic mass is 32.1. The van der Waals surface area contributed by atoms with Crippen molar-refractivity contribution in [3.8, 4) is 16.9 Å². The van der Waals surface area contributed by atoms with Gasteiger partial charge in [-0.15, -0.1) is 11.3 Å². The number of anilines is 1. The van der Waals surface area contributed by atoms with Crippen molar-refractivity contribution in [2.24, 2.45) is 0 Å². The van der Waals surface area contributed by atoms with Crippen LogP contribution in [0.1, 0.15) is 48.1 Å². The highest BCUT2D eigenvalue weighted by Crippen LogP contribution is 2.46. The van der Waals surface area contributed by atoms with Gasteiger partial charge in [-0.2, -0.15) is 0 Å². The van der Waals surface area contributed by atoms with Crippen LogP contribution in [-0.4, -0.2) is 13.0 Å². The number of thiophene rings is 1. The molecular weight excluding hydrogens is 354 g/mol. The minimum atomic E-state index is 0.0774. The zero-order chi connectivity index (χ0) is 19.0. The Kier molecular flexibility index (Phi) is 4.75. The van der Waals surface area contributed by atoms with Gasteiger partial charge in [-0.05, 0) is 34.7 Å². The van der Waals surface area contributed by atoms with E-state index in [0.717, 1.165) is 22.6 Å². The van der Waals surface area contributed by atoms with Gasteiger partial charge in [0.15, 0.2) is 0 Å². The Bertz CT molecular complexity index is 955. The Balaban J connectivity index is 1.72. The maximum absolute atomic E-state index is 12.4. The molecule has 27 heavy (non-hydrogen) atoms. The van der Waals surface area contributed by atoms with Crippen molar-refractivity contribution in [2.75, 3.05) is 12.4 Å². The third-order valence-corrected chi connectivity index (χ3v) is 6.29. The van der Waals surface area contributed by atoms with E-state index in [4.69, 9.17) is 4.74 Å². The summed E-state index contributed by atoms with van der Waals surface area (Å²) in [5.41, 5.74) is 5.65. The van der Waals surface area contributed by atoms with Crippen molar-refractivity contribution in [2.45, 2.75) is 32.1 Å². The van der Waals surface area contributed by atoms with Crippen LogP contribution in [0.15, 0.2) is 53.9 Å². The van der Waals surface area contributed by atoms with E-state index < -0.39 is 0 Å². The van der Waals surface area contributed by atoms with Crippen molar-refractivity contribution in [1.29, 1.82) is 0 Å². The van der Waals surface area contributed by atoms with Crippen LogP contribution < -0.4 is 10.1 Å². The SMILES string of the molecule is COc1ccc(-c2csc3c2NC(=O)C[C@@H]3c2ccc(C(C)C)cc2)cc1. The van der Waals surface area contributed by atoms with Crippen LogP contribution in [0.2, 0.25) is 0 Å². The number of carbonyl (C=O) groups is 1. The molecule has 1 aliphatic rings. The summed E-state index contributed by atoms with van der Waals surface area (Å²) in [5, 5.41) is 5.25. The molecule has 0 fully saturated rings. The molecule has 1 atom stereocenters. The van der Waals surface area contributed by atoms with Crippen LogP contribution in [0, 0.1) is 0 Å². The summed E-state index contributed by atoms with van der Waals surface area (Å²) in [7, 11) is 1.66. The van der Waals surface area contributed by atoms with Gasteiger partial charge in [-0.1, -0.05) is 50.2 Å². The highest BCUT2D eigenvalue weighted by molar-refractivity contribution is 7.11. The molecule has 4 heteroatoms. The van der Waals surface area contributed by atoms with Gasteiger partial charge >= 0.3 is 0 Å². The zero-order valence-corrected chi connectivity index (χ0v) is 16.6. The van der Waals surface area contributed by atoms with Crippen molar-refractivity contribution >= 4 is 22.9 Å². The van der Waals surface area contributed by atoms with E-state index in [-0.39, 0.29) is 11.8 Å². The molecule has 0 radical (unpaired) electrons. The summed E-state index contributed by atoms with van der Waals surface area (Å²) in [6.07, 6.45) is 0.497. The van der Waals surface area contributed by atoms with Gasteiger partial charge in [0.1, 0.15) is 5.75 Å². The predicted octanol–water partition coefficient (Wildman–Crippen LogP) is 6.02. The van der Waals surface area contributed by atoms with Gasteiger partial charge in [0.05, 0.1) is 12.8 Å². The molecule has 1 aromatic heterocycles. The number of benzene rings is 2. The van der Waals surface area contributed by atoms with Gasteiger partial charge in [0, 0.05) is 28.2 Å². The summed E-state index contributed by atoms with van der Waals surface area (Å²) in [4.78, 5) is 13.7. The Hall–Kier alpha value is -2.59. The van der Waals surface area contributed by atoms with E-state index in [1.165, 1.54) is 16.0 Å². The molecule has 1 N–H and O–H groups in total. The fourth-order valence-corrected chi connectivity index (χ4v) is 4.75. The third-order valence-electron chi connectivity index (χ3n) is 5.20. The predicted molar refractivity (Wildman–Crippen MR) is 112 cm³/mol. The molecule has 3 aromatic rings. The molecule has 2 aromatic carbocycles. The first kappa shape index (κ1) is 17.8. The Morgan fingerprint density at radius 3 is 2.41 bits per heavy atom. The number of fused-ring (bicyclic) bond motifs is 1. The van der Waals surface area contributed by atoms with E-state index in [1.54, 1.807) is 18.4 Å². The number of rotatable bonds is 4. The lowest BCUT2D eigenvalue weighted by atomic mass is 9.88. The van der Waals surface area contributed by atoms with Gasteiger partial charge < -0.3 is 10.1 Å². The molecule has 0 saturated carbocycles. The second kappa shape index (κ2) is 7.20. The number of hydrogen-bond donors (Lipinski definition) is 1. The van der Waals surface area contributed by atoms with E-state index in [9.17, 15) is 4.79 Å². The fraction of sp³-hybridized carbons (Fsp3) is 0.261. The van der Waals surface area contributed by atoms with E-state index >= 15 is 0 Å². The number of carbonyl (C=O) groups excluding carboxylic acids is 1. The van der Waals surface area contributed by atoms with Crippen LogP contribution in [0.3, 0.4) is 0 Å². The largest absolute Gasteiger partial charge is 0.497 e. The van der Waals surface area contributed by atoms with Crippen LogP contribution in [0.5, 0.6) is 5.75 Å². The summed E-state index contributed by atoms with van der Waals surface area (Å²) < 4.78 is 5.25. The normalized spacial score (nSPS) is 16.1. The van der Waals surface area contributed by atoms with Crippen molar-refractivity contribution < 1.29 is 9.53 Å². The van der Waals surface area contributed by atoms with Crippen LogP contribution >= 0.6 is 11.3 Å². The van der Waals surface area contributed by atoms with Gasteiger partial charge in [-0.3, -0.25) is 4.79 Å². The van der Waals surface area contributed by atoms with Crippen molar-refractivity contribution in [3.63, 3.8) is 0 Å². The standard InChI is InChI=1S/C23H23NO2S/c1-14(2)15-4-6-16(7-5-15)19-12-21(25)24-22-20(13-27-23(19)22)17-8-10-18(26-3)11-9-17/h4-11,13-14,19H,12H2,1-3H3,(H,24,25)/t19-/m1/s1. The lowest BCUT2D eigenvalue weighted by Gasteiger charge is -2.24. The molecule has 0 unspecified atom stereocenters. The van der Waals surface area contributed by atoms with Crippen LogP contribution in [0.4, 0.5) is 5.69 Å². The molecule has 1 aliphatic heterocycles. The molecule has 2 heterocycles. The van der Waals surface area contributed by atoms with Gasteiger partial charge in [0.2, 0.25) is 5.91 Å². The molecule has 0 aliphatic carbocycles. The molecule has 3 nitrogen and oxygen atoms in total. The molecule has 0 saturated heterocycles. The van der Waals surface area contributed by atoms with Crippen molar-refractivity contribution in [1.82, 2.24) is 0 Å². The molecule has 138 valence electrons. The first-order valence-corrected chi connectivity index (χ1v) is 10.1. The third kappa shape index (κ3) is 3.37. The van der Waals surface area contributed by atoms with E-state index in [0.29, 0.717) is 12.3 Å². The Morgan fingerprint density at radius 2 is 1.78 bits per heavy atom. The Labute approximate surface area is 164 Å². The number of amides is 1.